The van der Waals surface area contributed by atoms with Crippen LogP contribution >= 0.6 is 0 Å². The number of carbonyl (C=O) groups excluding carboxylic acids is 1. The first-order valence-electron chi connectivity index (χ1n) is 6.70. The second kappa shape index (κ2) is 4.80. The molecule has 1 amide bonds. The third-order valence-corrected chi connectivity index (χ3v) is 3.74. The number of hydrogen-bond acceptors (Lipinski definition) is 3. The monoisotopic (exact) mass is 271 g/mol. The summed E-state index contributed by atoms with van der Waals surface area (Å²) < 4.78 is 5.42. The number of aliphatic hydroxyl groups is 1. The number of aryl methyl sites for hydroxylation is 2. The highest BCUT2D eigenvalue weighted by Crippen LogP contribution is 2.31. The van der Waals surface area contributed by atoms with Gasteiger partial charge >= 0.3 is 0 Å². The molecule has 2 aromatic rings. The minimum absolute atomic E-state index is 0.281. The molecule has 0 aliphatic heterocycles. The molecule has 0 bridgehead atoms. The summed E-state index contributed by atoms with van der Waals surface area (Å²) in [7, 11) is 0. The minimum Gasteiger partial charge on any atom is -0.456 e. The summed E-state index contributed by atoms with van der Waals surface area (Å²) in [5, 5.41) is 13.0. The van der Waals surface area contributed by atoms with Gasteiger partial charge in [-0.15, -0.1) is 0 Å². The molecule has 104 valence electrons. The number of carbonyl (C=O) groups is 1. The van der Waals surface area contributed by atoms with Gasteiger partial charge in [-0.1, -0.05) is 24.3 Å². The molecule has 0 fully saturated rings. The number of amides is 1. The van der Waals surface area contributed by atoms with Crippen molar-refractivity contribution in [2.24, 2.45) is 0 Å². The van der Waals surface area contributed by atoms with Crippen molar-refractivity contribution in [1.82, 2.24) is 5.32 Å². The van der Waals surface area contributed by atoms with Crippen LogP contribution < -0.4 is 5.32 Å². The van der Waals surface area contributed by atoms with E-state index in [0.717, 1.165) is 16.7 Å². The number of nitrogens with one attached hydrogen (secondary N) is 1. The molecule has 0 saturated heterocycles. The molecule has 1 aliphatic carbocycles. The number of aliphatic hydroxyl groups excluding tert-OH is 1. The normalized spacial score (nSPS) is 20.8. The van der Waals surface area contributed by atoms with Gasteiger partial charge in [0.05, 0.1) is 12.1 Å². The van der Waals surface area contributed by atoms with Gasteiger partial charge in [0.25, 0.3) is 5.91 Å². The Bertz CT molecular complexity index is 659. The highest BCUT2D eigenvalue weighted by Gasteiger charge is 2.32. The standard InChI is InChI=1S/C16H17NO3/c1-9-7-10(2)20-15(9)16(19)17-14-12-6-4-3-5-11(12)8-13(14)18/h3-7,13-14,18H,8H2,1-2H3,(H,17,19). The summed E-state index contributed by atoms with van der Waals surface area (Å²) in [5.74, 6) is 0.746. The lowest BCUT2D eigenvalue weighted by Gasteiger charge is -2.17. The van der Waals surface area contributed by atoms with Crippen LogP contribution in [0.4, 0.5) is 0 Å². The Labute approximate surface area is 117 Å². The number of benzene rings is 1. The second-order valence-corrected chi connectivity index (χ2v) is 5.29. The maximum atomic E-state index is 12.3. The van der Waals surface area contributed by atoms with Crippen molar-refractivity contribution in [1.29, 1.82) is 0 Å². The maximum Gasteiger partial charge on any atom is 0.287 e. The molecule has 3 rings (SSSR count). The number of furan rings is 1. The summed E-state index contributed by atoms with van der Waals surface area (Å²) in [6, 6.07) is 9.23. The van der Waals surface area contributed by atoms with E-state index in [9.17, 15) is 9.90 Å². The molecule has 0 saturated carbocycles. The predicted molar refractivity (Wildman–Crippen MR) is 74.5 cm³/mol. The first-order valence-corrected chi connectivity index (χ1v) is 6.70. The Hall–Kier alpha value is -2.07. The van der Waals surface area contributed by atoms with Gasteiger partial charge in [-0.25, -0.2) is 0 Å². The van der Waals surface area contributed by atoms with Crippen molar-refractivity contribution in [2.75, 3.05) is 0 Å². The van der Waals surface area contributed by atoms with Gasteiger partial charge in [-0.3, -0.25) is 4.79 Å². The predicted octanol–water partition coefficient (Wildman–Crippen LogP) is 2.28. The fraction of sp³-hybridized carbons (Fsp3) is 0.312. The molecule has 2 N–H and O–H groups in total. The van der Waals surface area contributed by atoms with Crippen molar-refractivity contribution in [3.8, 4) is 0 Å². The van der Waals surface area contributed by atoms with Gasteiger partial charge in [0.15, 0.2) is 5.76 Å². The largest absolute Gasteiger partial charge is 0.456 e. The summed E-state index contributed by atoms with van der Waals surface area (Å²) in [6.07, 6.45) is -0.0233. The van der Waals surface area contributed by atoms with Crippen LogP contribution in [0.2, 0.25) is 0 Å². The Kier molecular flexibility index (Phi) is 3.10. The van der Waals surface area contributed by atoms with Crippen molar-refractivity contribution in [3.63, 3.8) is 0 Å². The van der Waals surface area contributed by atoms with E-state index in [1.807, 2.05) is 44.2 Å². The van der Waals surface area contributed by atoms with Crippen molar-refractivity contribution in [3.05, 3.63) is 58.5 Å². The van der Waals surface area contributed by atoms with Crippen LogP contribution in [-0.4, -0.2) is 17.1 Å². The van der Waals surface area contributed by atoms with Crippen molar-refractivity contribution in [2.45, 2.75) is 32.4 Å². The topological polar surface area (TPSA) is 62.5 Å². The fourth-order valence-corrected chi connectivity index (χ4v) is 2.82. The highest BCUT2D eigenvalue weighted by atomic mass is 16.3. The molecule has 2 atom stereocenters. The van der Waals surface area contributed by atoms with Gasteiger partial charge in [0.1, 0.15) is 5.76 Å². The lowest BCUT2D eigenvalue weighted by atomic mass is 10.1. The quantitative estimate of drug-likeness (QED) is 0.881. The molecule has 4 nitrogen and oxygen atoms in total. The number of hydrogen-bond donors (Lipinski definition) is 2. The summed E-state index contributed by atoms with van der Waals surface area (Å²) in [5.41, 5.74) is 2.87. The number of fused-ring (bicyclic) bond motifs is 1. The van der Waals surface area contributed by atoms with E-state index >= 15 is 0 Å². The zero-order valence-corrected chi connectivity index (χ0v) is 11.5. The molecule has 20 heavy (non-hydrogen) atoms. The molecule has 1 aromatic carbocycles. The Morgan fingerprint density at radius 2 is 2.10 bits per heavy atom. The molecule has 2 unspecified atom stereocenters. The van der Waals surface area contributed by atoms with Crippen LogP contribution in [0.15, 0.2) is 34.7 Å². The average Bonchev–Trinajstić information content (AvgIpc) is 2.90. The lowest BCUT2D eigenvalue weighted by molar-refractivity contribution is 0.0829. The van der Waals surface area contributed by atoms with E-state index in [-0.39, 0.29) is 11.9 Å². The van der Waals surface area contributed by atoms with Crippen molar-refractivity contribution < 1.29 is 14.3 Å². The second-order valence-electron chi connectivity index (χ2n) is 5.29. The Balaban J connectivity index is 1.85. The SMILES string of the molecule is Cc1cc(C)c(C(=O)NC2c3ccccc3CC2O)o1. The van der Waals surface area contributed by atoms with Gasteiger partial charge in [-0.2, -0.15) is 0 Å². The van der Waals surface area contributed by atoms with Gasteiger partial charge in [0.2, 0.25) is 0 Å². The van der Waals surface area contributed by atoms with Crippen LogP contribution in [0.3, 0.4) is 0 Å². The Morgan fingerprint density at radius 3 is 2.80 bits per heavy atom. The van der Waals surface area contributed by atoms with Crippen LogP contribution in [-0.2, 0) is 6.42 Å². The zero-order valence-electron chi connectivity index (χ0n) is 11.5. The summed E-state index contributed by atoms with van der Waals surface area (Å²) in [4.78, 5) is 12.3. The summed E-state index contributed by atoms with van der Waals surface area (Å²) in [6.45, 7) is 3.65. The summed E-state index contributed by atoms with van der Waals surface area (Å²) >= 11 is 0. The third kappa shape index (κ3) is 2.12. The van der Waals surface area contributed by atoms with Crippen LogP contribution in [0.1, 0.15) is 39.0 Å². The van der Waals surface area contributed by atoms with Crippen LogP contribution in [0, 0.1) is 13.8 Å². The molecule has 1 aromatic heterocycles. The Morgan fingerprint density at radius 1 is 1.35 bits per heavy atom. The minimum atomic E-state index is -0.590. The molecular formula is C16H17NO3. The molecule has 1 heterocycles. The lowest BCUT2D eigenvalue weighted by Crippen LogP contribution is -2.33. The van der Waals surface area contributed by atoms with Gasteiger partial charge < -0.3 is 14.8 Å². The van der Waals surface area contributed by atoms with Gasteiger partial charge in [0, 0.05) is 12.0 Å². The van der Waals surface area contributed by atoms with Gasteiger partial charge in [-0.05, 0) is 31.0 Å². The van der Waals surface area contributed by atoms with Crippen LogP contribution in [0.5, 0.6) is 0 Å². The molecular weight excluding hydrogens is 254 g/mol. The van der Waals surface area contributed by atoms with E-state index < -0.39 is 6.10 Å². The first kappa shape index (κ1) is 12.9. The highest BCUT2D eigenvalue weighted by molar-refractivity contribution is 5.93. The first-order chi connectivity index (χ1) is 9.56. The average molecular weight is 271 g/mol. The van der Waals surface area contributed by atoms with E-state index in [2.05, 4.69) is 5.32 Å². The van der Waals surface area contributed by atoms with Crippen LogP contribution in [0.25, 0.3) is 0 Å². The number of rotatable bonds is 2. The van der Waals surface area contributed by atoms with E-state index in [4.69, 9.17) is 4.42 Å². The molecule has 1 aliphatic rings. The molecule has 4 heteroatoms. The smallest absolute Gasteiger partial charge is 0.287 e. The molecule has 0 spiro atoms. The van der Waals surface area contributed by atoms with E-state index in [0.29, 0.717) is 17.9 Å². The zero-order chi connectivity index (χ0) is 14.3. The van der Waals surface area contributed by atoms with E-state index in [1.54, 1.807) is 0 Å². The van der Waals surface area contributed by atoms with Crippen molar-refractivity contribution >= 4 is 5.91 Å². The fourth-order valence-electron chi connectivity index (χ4n) is 2.82. The maximum absolute atomic E-state index is 12.3. The molecule has 0 radical (unpaired) electrons. The van der Waals surface area contributed by atoms with E-state index in [1.165, 1.54) is 0 Å². The third-order valence-electron chi connectivity index (χ3n) is 3.74.